The van der Waals surface area contributed by atoms with Gasteiger partial charge < -0.3 is 4.57 Å². The molecule has 158 valence electrons. The van der Waals surface area contributed by atoms with Gasteiger partial charge in [-0.1, -0.05) is 13.8 Å². The molecule has 0 saturated heterocycles. The van der Waals surface area contributed by atoms with Crippen LogP contribution in [-0.4, -0.2) is 44.4 Å². The second kappa shape index (κ2) is 10.2. The van der Waals surface area contributed by atoms with E-state index in [9.17, 15) is 39.5 Å². The molecular formula is C15H26F9NSi. The first-order chi connectivity index (χ1) is 11.6. The fraction of sp³-hybridized carbons (Fsp3) is 1.00. The summed E-state index contributed by atoms with van der Waals surface area (Å²) in [5, 5.41) is 0. The van der Waals surface area contributed by atoms with Crippen LogP contribution in [0.4, 0.5) is 39.5 Å². The van der Waals surface area contributed by atoms with Crippen molar-refractivity contribution in [2.75, 3.05) is 13.1 Å². The molecule has 0 rings (SSSR count). The summed E-state index contributed by atoms with van der Waals surface area (Å²) in [6.45, 7) is 3.85. The van der Waals surface area contributed by atoms with E-state index in [1.54, 1.807) is 13.8 Å². The quantitative estimate of drug-likeness (QED) is 0.260. The van der Waals surface area contributed by atoms with Crippen LogP contribution in [0.3, 0.4) is 0 Å². The molecule has 0 unspecified atom stereocenters. The molecule has 26 heavy (non-hydrogen) atoms. The Morgan fingerprint density at radius 2 is 0.846 bits per heavy atom. The molecule has 0 bridgehead atoms. The molecule has 0 heterocycles. The van der Waals surface area contributed by atoms with Gasteiger partial charge in [0.1, 0.15) is 8.24 Å². The van der Waals surface area contributed by atoms with Gasteiger partial charge in [0.2, 0.25) is 0 Å². The highest BCUT2D eigenvalue weighted by Crippen LogP contribution is 2.39. The molecule has 0 aromatic heterocycles. The van der Waals surface area contributed by atoms with E-state index in [1.165, 1.54) is 4.57 Å². The van der Waals surface area contributed by atoms with Crippen molar-refractivity contribution >= 4 is 8.24 Å². The highest BCUT2D eigenvalue weighted by molar-refractivity contribution is 6.77. The summed E-state index contributed by atoms with van der Waals surface area (Å²) in [7, 11) is -3.62. The first-order valence-electron chi connectivity index (χ1n) is 8.59. The van der Waals surface area contributed by atoms with Crippen LogP contribution in [0.1, 0.15) is 46.0 Å². The second-order valence-electron chi connectivity index (χ2n) is 6.56. The van der Waals surface area contributed by atoms with Crippen LogP contribution in [-0.2, 0) is 0 Å². The molecule has 0 radical (unpaired) electrons. The van der Waals surface area contributed by atoms with Crippen molar-refractivity contribution in [3.05, 3.63) is 0 Å². The van der Waals surface area contributed by atoms with E-state index in [4.69, 9.17) is 0 Å². The zero-order valence-corrected chi connectivity index (χ0v) is 15.9. The smallest absolute Gasteiger partial charge is 0.323 e. The largest absolute Gasteiger partial charge is 0.388 e. The van der Waals surface area contributed by atoms with Gasteiger partial charge >= 0.3 is 18.5 Å². The third kappa shape index (κ3) is 11.3. The third-order valence-electron chi connectivity index (χ3n) is 4.28. The number of rotatable bonds is 11. The number of alkyl halides is 9. The van der Waals surface area contributed by atoms with Gasteiger partial charge in [0, 0.05) is 19.3 Å². The molecule has 0 aromatic rings. The highest BCUT2D eigenvalue weighted by atomic mass is 28.3. The maximum absolute atomic E-state index is 12.7. The van der Waals surface area contributed by atoms with E-state index in [2.05, 4.69) is 0 Å². The predicted octanol–water partition coefficient (Wildman–Crippen LogP) is 6.91. The lowest BCUT2D eigenvalue weighted by molar-refractivity contribution is -0.133. The molecular weight excluding hydrogens is 393 g/mol. The number of hydrogen-bond acceptors (Lipinski definition) is 1. The van der Waals surface area contributed by atoms with Crippen molar-refractivity contribution in [2.24, 2.45) is 0 Å². The summed E-state index contributed by atoms with van der Waals surface area (Å²) < 4.78 is 116. The summed E-state index contributed by atoms with van der Waals surface area (Å²) >= 11 is 0. The SMILES string of the molecule is CCCN(CCC)[Si](CCC(F)(F)F)(CCC(F)(F)F)CCC(F)(F)F. The Morgan fingerprint density at radius 1 is 0.577 bits per heavy atom. The summed E-state index contributed by atoms with van der Waals surface area (Å²) in [6, 6.07) is -1.91. The van der Waals surface area contributed by atoms with Crippen LogP contribution in [0, 0.1) is 0 Å². The Balaban J connectivity index is 5.74. The Hall–Kier alpha value is -0.453. The first kappa shape index (κ1) is 25.5. The van der Waals surface area contributed by atoms with E-state index >= 15 is 0 Å². The highest BCUT2D eigenvalue weighted by Gasteiger charge is 2.46. The monoisotopic (exact) mass is 419 g/mol. The van der Waals surface area contributed by atoms with Crippen LogP contribution in [0.25, 0.3) is 0 Å². The van der Waals surface area contributed by atoms with Crippen molar-refractivity contribution in [3.63, 3.8) is 0 Å². The van der Waals surface area contributed by atoms with Gasteiger partial charge in [-0.05, 0) is 44.1 Å². The number of halogens is 9. The van der Waals surface area contributed by atoms with Gasteiger partial charge in [0.25, 0.3) is 0 Å². The molecule has 0 saturated carbocycles. The van der Waals surface area contributed by atoms with Crippen LogP contribution in [0.2, 0.25) is 18.1 Å². The average molecular weight is 419 g/mol. The van der Waals surface area contributed by atoms with Gasteiger partial charge in [-0.15, -0.1) is 0 Å². The molecule has 0 aliphatic carbocycles. The minimum Gasteiger partial charge on any atom is -0.323 e. The molecule has 0 N–H and O–H groups in total. The molecule has 0 aliphatic heterocycles. The van der Waals surface area contributed by atoms with Crippen LogP contribution < -0.4 is 0 Å². The maximum Gasteiger partial charge on any atom is 0.388 e. The standard InChI is InChI=1S/C15H26F9NSi/c1-3-8-25(9-4-2)26(10-5-13(16,17)18,11-6-14(19,20)21)12-7-15(22,23)24/h3-12H2,1-2H3. The summed E-state index contributed by atoms with van der Waals surface area (Å²) in [6.07, 6.45) is -17.0. The Bertz CT molecular complexity index is 339. The summed E-state index contributed by atoms with van der Waals surface area (Å²) in [5.41, 5.74) is 0. The topological polar surface area (TPSA) is 3.24 Å². The number of nitrogens with zero attached hydrogens (tertiary/aromatic N) is 1. The normalized spacial score (nSPS) is 14.3. The lowest BCUT2D eigenvalue weighted by Crippen LogP contribution is -2.55. The van der Waals surface area contributed by atoms with Crippen LogP contribution >= 0.6 is 0 Å². The number of hydrogen-bond donors (Lipinski definition) is 0. The average Bonchev–Trinajstić information content (AvgIpc) is 2.44. The summed E-state index contributed by atoms with van der Waals surface area (Å²) in [5.74, 6) is 0. The molecule has 0 atom stereocenters. The van der Waals surface area contributed by atoms with Gasteiger partial charge in [-0.2, -0.15) is 39.5 Å². The lowest BCUT2D eigenvalue weighted by Gasteiger charge is -2.43. The van der Waals surface area contributed by atoms with Crippen molar-refractivity contribution in [3.8, 4) is 0 Å². The second-order valence-corrected chi connectivity index (χ2v) is 11.1. The molecule has 0 amide bonds. The Labute approximate surface area is 149 Å². The third-order valence-corrected chi connectivity index (χ3v) is 9.61. The van der Waals surface area contributed by atoms with Gasteiger partial charge in [-0.25, -0.2) is 0 Å². The molecule has 0 fully saturated rings. The van der Waals surface area contributed by atoms with E-state index in [0.29, 0.717) is 12.8 Å². The zero-order chi connectivity index (χ0) is 20.6. The molecule has 0 spiro atoms. The van der Waals surface area contributed by atoms with E-state index in [0.717, 1.165) is 0 Å². The minimum atomic E-state index is -4.61. The molecule has 0 aliphatic rings. The molecule has 0 aromatic carbocycles. The Morgan fingerprint density at radius 3 is 1.04 bits per heavy atom. The van der Waals surface area contributed by atoms with E-state index in [1.807, 2.05) is 0 Å². The predicted molar refractivity (Wildman–Crippen MR) is 84.3 cm³/mol. The maximum atomic E-state index is 12.7. The van der Waals surface area contributed by atoms with Gasteiger partial charge in [-0.3, -0.25) is 0 Å². The minimum absolute atomic E-state index is 0.216. The van der Waals surface area contributed by atoms with Crippen molar-refractivity contribution in [1.29, 1.82) is 0 Å². The van der Waals surface area contributed by atoms with Crippen LogP contribution in [0.5, 0.6) is 0 Å². The van der Waals surface area contributed by atoms with Gasteiger partial charge in [0.05, 0.1) is 0 Å². The molecule has 11 heteroatoms. The van der Waals surface area contributed by atoms with Crippen molar-refractivity contribution in [2.45, 2.75) is 82.6 Å². The molecule has 1 nitrogen and oxygen atoms in total. The fourth-order valence-corrected chi connectivity index (χ4v) is 8.44. The lowest BCUT2D eigenvalue weighted by atomic mass is 10.4. The van der Waals surface area contributed by atoms with Crippen molar-refractivity contribution < 1.29 is 39.5 Å². The fourth-order valence-electron chi connectivity index (χ4n) is 3.10. The van der Waals surface area contributed by atoms with E-state index < -0.39 is 64.2 Å². The first-order valence-corrected chi connectivity index (χ1v) is 11.2. The zero-order valence-electron chi connectivity index (χ0n) is 14.9. The Kier molecular flexibility index (Phi) is 10.0. The van der Waals surface area contributed by atoms with E-state index in [-0.39, 0.29) is 13.1 Å². The summed E-state index contributed by atoms with van der Waals surface area (Å²) in [4.78, 5) is 0. The van der Waals surface area contributed by atoms with Crippen LogP contribution in [0.15, 0.2) is 0 Å². The van der Waals surface area contributed by atoms with Gasteiger partial charge in [0.15, 0.2) is 0 Å². The van der Waals surface area contributed by atoms with Crippen molar-refractivity contribution in [1.82, 2.24) is 4.57 Å².